The summed E-state index contributed by atoms with van der Waals surface area (Å²) in [5.41, 5.74) is 3.19. The molecule has 3 aromatic rings. The SMILES string of the molecule is Cc1ccc(-n2nc(C)cc2NC(=O)COc2ccc(C#N)cc2Cl)cc1. The van der Waals surface area contributed by atoms with Crippen molar-refractivity contribution >= 4 is 23.3 Å². The molecule has 0 fully saturated rings. The van der Waals surface area contributed by atoms with Gasteiger partial charge in [0.05, 0.1) is 28.0 Å². The van der Waals surface area contributed by atoms with Gasteiger partial charge in [-0.25, -0.2) is 4.68 Å². The third kappa shape index (κ3) is 4.46. The van der Waals surface area contributed by atoms with E-state index in [1.807, 2.05) is 44.2 Å². The molecule has 0 bridgehead atoms. The lowest BCUT2D eigenvalue weighted by atomic mass is 10.2. The van der Waals surface area contributed by atoms with Gasteiger partial charge in [0.25, 0.3) is 5.91 Å². The van der Waals surface area contributed by atoms with Crippen LogP contribution in [0.15, 0.2) is 48.5 Å². The molecular weight excluding hydrogens is 364 g/mol. The second-order valence-electron chi connectivity index (χ2n) is 6.01. The van der Waals surface area contributed by atoms with Crippen LogP contribution in [-0.4, -0.2) is 22.3 Å². The molecular formula is C20H17ClN4O2. The van der Waals surface area contributed by atoms with Crippen molar-refractivity contribution in [2.75, 3.05) is 11.9 Å². The second kappa shape index (κ2) is 7.94. The summed E-state index contributed by atoms with van der Waals surface area (Å²) < 4.78 is 7.12. The monoisotopic (exact) mass is 380 g/mol. The van der Waals surface area contributed by atoms with E-state index in [0.717, 1.165) is 16.9 Å². The van der Waals surface area contributed by atoms with Gasteiger partial charge in [0.2, 0.25) is 0 Å². The number of anilines is 1. The molecule has 1 heterocycles. The summed E-state index contributed by atoms with van der Waals surface area (Å²) in [6, 6.07) is 16.2. The molecule has 0 saturated heterocycles. The summed E-state index contributed by atoms with van der Waals surface area (Å²) in [5, 5.41) is 16.4. The van der Waals surface area contributed by atoms with Gasteiger partial charge < -0.3 is 10.1 Å². The Bertz CT molecular complexity index is 1020. The third-order valence-corrected chi connectivity index (χ3v) is 4.09. The van der Waals surface area contributed by atoms with Crippen LogP contribution in [0.25, 0.3) is 5.69 Å². The molecule has 1 aromatic heterocycles. The summed E-state index contributed by atoms with van der Waals surface area (Å²) in [6.45, 7) is 3.64. The first-order chi connectivity index (χ1) is 13.0. The molecule has 0 unspecified atom stereocenters. The van der Waals surface area contributed by atoms with Crippen LogP contribution in [0.1, 0.15) is 16.8 Å². The van der Waals surface area contributed by atoms with Crippen molar-refractivity contribution in [3.63, 3.8) is 0 Å². The Balaban J connectivity index is 1.70. The minimum atomic E-state index is -0.344. The van der Waals surface area contributed by atoms with Gasteiger partial charge in [-0.1, -0.05) is 29.3 Å². The van der Waals surface area contributed by atoms with Gasteiger partial charge in [-0.15, -0.1) is 0 Å². The molecule has 3 rings (SSSR count). The molecule has 136 valence electrons. The number of carbonyl (C=O) groups excluding carboxylic acids is 1. The fourth-order valence-corrected chi connectivity index (χ4v) is 2.72. The van der Waals surface area contributed by atoms with Crippen LogP contribution in [0.5, 0.6) is 5.75 Å². The smallest absolute Gasteiger partial charge is 0.263 e. The van der Waals surface area contributed by atoms with Crippen LogP contribution in [-0.2, 0) is 4.79 Å². The van der Waals surface area contributed by atoms with E-state index < -0.39 is 0 Å². The molecule has 1 amide bonds. The summed E-state index contributed by atoms with van der Waals surface area (Å²) in [6.07, 6.45) is 0. The van der Waals surface area contributed by atoms with E-state index in [1.165, 1.54) is 6.07 Å². The average molecular weight is 381 g/mol. The largest absolute Gasteiger partial charge is 0.482 e. The predicted molar refractivity (Wildman–Crippen MR) is 103 cm³/mol. The number of hydrogen-bond donors (Lipinski definition) is 1. The van der Waals surface area contributed by atoms with E-state index in [2.05, 4.69) is 10.4 Å². The van der Waals surface area contributed by atoms with E-state index in [1.54, 1.807) is 22.9 Å². The van der Waals surface area contributed by atoms with Crippen molar-refractivity contribution in [2.45, 2.75) is 13.8 Å². The minimum absolute atomic E-state index is 0.219. The molecule has 0 aliphatic heterocycles. The highest BCUT2D eigenvalue weighted by atomic mass is 35.5. The number of hydrogen-bond acceptors (Lipinski definition) is 4. The Morgan fingerprint density at radius 2 is 1.96 bits per heavy atom. The summed E-state index contributed by atoms with van der Waals surface area (Å²) in [7, 11) is 0. The predicted octanol–water partition coefficient (Wildman–Crippen LogP) is 4.03. The standard InChI is InChI=1S/C20H17ClN4O2/c1-13-3-6-16(7-4-13)25-19(9-14(2)24-25)23-20(26)12-27-18-8-5-15(11-22)10-17(18)21/h3-10H,12H2,1-2H3,(H,23,26). The molecule has 1 N–H and O–H groups in total. The van der Waals surface area contributed by atoms with Gasteiger partial charge in [0.15, 0.2) is 6.61 Å². The highest BCUT2D eigenvalue weighted by molar-refractivity contribution is 6.32. The van der Waals surface area contributed by atoms with E-state index >= 15 is 0 Å². The molecule has 0 atom stereocenters. The number of nitriles is 1. The highest BCUT2D eigenvalue weighted by Gasteiger charge is 2.12. The molecule has 2 aromatic carbocycles. The number of nitrogens with one attached hydrogen (secondary N) is 1. The van der Waals surface area contributed by atoms with Crippen LogP contribution in [0, 0.1) is 25.2 Å². The van der Waals surface area contributed by atoms with Crippen LogP contribution >= 0.6 is 11.6 Å². The van der Waals surface area contributed by atoms with Crippen LogP contribution in [0.4, 0.5) is 5.82 Å². The van der Waals surface area contributed by atoms with E-state index in [0.29, 0.717) is 17.1 Å². The van der Waals surface area contributed by atoms with Gasteiger partial charge in [0.1, 0.15) is 11.6 Å². The maximum Gasteiger partial charge on any atom is 0.263 e. The number of nitrogens with zero attached hydrogens (tertiary/aromatic N) is 3. The summed E-state index contributed by atoms with van der Waals surface area (Å²) in [4.78, 5) is 12.3. The first-order valence-electron chi connectivity index (χ1n) is 8.22. The highest BCUT2D eigenvalue weighted by Crippen LogP contribution is 2.25. The summed E-state index contributed by atoms with van der Waals surface area (Å²) in [5.74, 6) is 0.550. The number of aromatic nitrogens is 2. The first kappa shape index (κ1) is 18.5. The summed E-state index contributed by atoms with van der Waals surface area (Å²) >= 11 is 6.05. The molecule has 0 aliphatic rings. The molecule has 0 aliphatic carbocycles. The molecule has 0 spiro atoms. The lowest BCUT2D eigenvalue weighted by Crippen LogP contribution is -2.22. The Morgan fingerprint density at radius 3 is 2.63 bits per heavy atom. The van der Waals surface area contributed by atoms with Crippen molar-refractivity contribution in [3.05, 3.63) is 70.4 Å². The number of aryl methyl sites for hydroxylation is 2. The van der Waals surface area contributed by atoms with Gasteiger partial charge >= 0.3 is 0 Å². The molecule has 27 heavy (non-hydrogen) atoms. The van der Waals surface area contributed by atoms with Crippen LogP contribution < -0.4 is 10.1 Å². The maximum absolute atomic E-state index is 12.3. The maximum atomic E-state index is 12.3. The molecule has 0 radical (unpaired) electrons. The zero-order valence-electron chi connectivity index (χ0n) is 14.9. The Labute approximate surface area is 161 Å². The van der Waals surface area contributed by atoms with Crippen molar-refractivity contribution < 1.29 is 9.53 Å². The van der Waals surface area contributed by atoms with Crippen LogP contribution in [0.2, 0.25) is 5.02 Å². The van der Waals surface area contributed by atoms with E-state index in [-0.39, 0.29) is 17.5 Å². The Kier molecular flexibility index (Phi) is 5.43. The topological polar surface area (TPSA) is 79.9 Å². The minimum Gasteiger partial charge on any atom is -0.482 e. The number of benzene rings is 2. The van der Waals surface area contributed by atoms with Gasteiger partial charge in [-0.3, -0.25) is 4.79 Å². The number of ether oxygens (including phenoxy) is 1. The quantitative estimate of drug-likeness (QED) is 0.724. The molecule has 6 nitrogen and oxygen atoms in total. The fourth-order valence-electron chi connectivity index (χ4n) is 2.48. The Morgan fingerprint density at radius 1 is 1.22 bits per heavy atom. The lowest BCUT2D eigenvalue weighted by Gasteiger charge is -2.11. The van der Waals surface area contributed by atoms with Crippen molar-refractivity contribution in [1.29, 1.82) is 5.26 Å². The first-order valence-corrected chi connectivity index (χ1v) is 8.60. The third-order valence-electron chi connectivity index (χ3n) is 3.80. The zero-order valence-corrected chi connectivity index (χ0v) is 15.6. The van der Waals surface area contributed by atoms with Crippen molar-refractivity contribution in [1.82, 2.24) is 9.78 Å². The lowest BCUT2D eigenvalue weighted by molar-refractivity contribution is -0.118. The van der Waals surface area contributed by atoms with Crippen molar-refractivity contribution in [3.8, 4) is 17.5 Å². The normalized spacial score (nSPS) is 10.3. The fraction of sp³-hybridized carbons (Fsp3) is 0.150. The van der Waals surface area contributed by atoms with E-state index in [4.69, 9.17) is 21.6 Å². The molecule has 0 saturated carbocycles. The number of rotatable bonds is 5. The number of halogens is 1. The zero-order chi connectivity index (χ0) is 19.4. The van der Waals surface area contributed by atoms with Gasteiger partial charge in [-0.2, -0.15) is 10.4 Å². The molecule has 7 heteroatoms. The van der Waals surface area contributed by atoms with Gasteiger partial charge in [-0.05, 0) is 44.2 Å². The van der Waals surface area contributed by atoms with Crippen LogP contribution in [0.3, 0.4) is 0 Å². The average Bonchev–Trinajstić information content (AvgIpc) is 3.01. The number of carbonyl (C=O) groups is 1. The van der Waals surface area contributed by atoms with Crippen molar-refractivity contribution in [2.24, 2.45) is 0 Å². The van der Waals surface area contributed by atoms with E-state index in [9.17, 15) is 4.79 Å². The van der Waals surface area contributed by atoms with Gasteiger partial charge in [0, 0.05) is 6.07 Å². The number of amides is 1. The second-order valence-corrected chi connectivity index (χ2v) is 6.42. The Hall–Kier alpha value is -3.30.